The zero-order valence-electron chi connectivity index (χ0n) is 14.3. The first-order valence-electron chi connectivity index (χ1n) is 7.85. The monoisotopic (exact) mass is 360 g/mol. The summed E-state index contributed by atoms with van der Waals surface area (Å²) in [6, 6.07) is 10.4. The molecule has 0 radical (unpaired) electrons. The number of hydrogen-bond acceptors (Lipinski definition) is 4. The summed E-state index contributed by atoms with van der Waals surface area (Å²) in [6.45, 7) is 9.33. The summed E-state index contributed by atoms with van der Waals surface area (Å²) in [7, 11) is 2.27. The predicted octanol–water partition coefficient (Wildman–Crippen LogP) is 3.59. The molecule has 0 spiro atoms. The smallest absolute Gasteiger partial charge is 0.335 e. The van der Waals surface area contributed by atoms with Crippen LogP contribution in [0, 0.1) is 17.8 Å². The summed E-state index contributed by atoms with van der Waals surface area (Å²) < 4.78 is 21.7. The highest BCUT2D eigenvalue weighted by molar-refractivity contribution is 7.51. The molecule has 0 saturated carbocycles. The van der Waals surface area contributed by atoms with Gasteiger partial charge in [0.25, 0.3) is 0 Å². The minimum absolute atomic E-state index is 0.118. The Hall–Kier alpha value is -0.610. The number of rotatable bonds is 8. The Morgan fingerprint density at radius 2 is 1.61 bits per heavy atom. The summed E-state index contributed by atoms with van der Waals surface area (Å²) in [5.74, 6) is 1.36. The average Bonchev–Trinajstić information content (AvgIpc) is 2.48. The van der Waals surface area contributed by atoms with Gasteiger partial charge in [0.15, 0.2) is 0 Å². The molecule has 0 heterocycles. The Kier molecular flexibility index (Phi) is 12.4. The summed E-state index contributed by atoms with van der Waals surface area (Å²) in [5, 5.41) is 10.8. The van der Waals surface area contributed by atoms with Crippen molar-refractivity contribution in [2.24, 2.45) is 17.8 Å². The standard InChI is InChI=1S/C17H29O2P.O2S/c1-12(2)10-13(3)16(15-8-6-5-7-9-15)17(18)14(4)11-19-20;1-3-2/h5-9,12-14,16-18H,10-11,20H2,1-4H3;. The Morgan fingerprint density at radius 1 is 1.09 bits per heavy atom. The van der Waals surface area contributed by atoms with Gasteiger partial charge in [0.1, 0.15) is 0 Å². The molecule has 5 atom stereocenters. The topological polar surface area (TPSA) is 63.6 Å². The highest BCUT2D eigenvalue weighted by Crippen LogP contribution is 2.35. The zero-order valence-corrected chi connectivity index (χ0v) is 16.3. The van der Waals surface area contributed by atoms with Gasteiger partial charge < -0.3 is 9.63 Å². The fourth-order valence-electron chi connectivity index (χ4n) is 3.03. The molecule has 1 rings (SSSR count). The fourth-order valence-corrected chi connectivity index (χ4v) is 3.34. The van der Waals surface area contributed by atoms with E-state index < -0.39 is 11.6 Å². The van der Waals surface area contributed by atoms with Crippen LogP contribution in [0.25, 0.3) is 0 Å². The normalized spacial score (nSPS) is 16.0. The summed E-state index contributed by atoms with van der Waals surface area (Å²) in [5.41, 5.74) is 1.23. The molecule has 132 valence electrons. The van der Waals surface area contributed by atoms with Gasteiger partial charge in [0.2, 0.25) is 0 Å². The van der Waals surface area contributed by atoms with Gasteiger partial charge in [-0.3, -0.25) is 0 Å². The molecule has 0 saturated heterocycles. The van der Waals surface area contributed by atoms with Crippen LogP contribution in [0.5, 0.6) is 0 Å². The van der Waals surface area contributed by atoms with Gasteiger partial charge in [0.05, 0.1) is 12.7 Å². The van der Waals surface area contributed by atoms with Gasteiger partial charge in [-0.1, -0.05) is 58.0 Å². The second-order valence-electron chi connectivity index (χ2n) is 6.41. The summed E-state index contributed by atoms with van der Waals surface area (Å²) in [4.78, 5) is 0. The molecule has 1 aromatic carbocycles. The van der Waals surface area contributed by atoms with Gasteiger partial charge in [0, 0.05) is 21.3 Å². The molecule has 23 heavy (non-hydrogen) atoms. The number of aliphatic hydroxyl groups is 1. The predicted molar refractivity (Wildman–Crippen MR) is 97.6 cm³/mol. The van der Waals surface area contributed by atoms with Crippen LogP contribution in [0.3, 0.4) is 0 Å². The molecule has 1 aromatic rings. The molecule has 6 heteroatoms. The minimum atomic E-state index is -0.750. The molecule has 0 aromatic heterocycles. The number of benzene rings is 1. The molecule has 5 unspecified atom stereocenters. The fraction of sp³-hybridized carbons (Fsp3) is 0.647. The van der Waals surface area contributed by atoms with Gasteiger partial charge in [-0.25, -0.2) is 0 Å². The molecule has 1 N–H and O–H groups in total. The minimum Gasteiger partial charge on any atom is -0.392 e. The molecular formula is C17H29O4PS. The van der Waals surface area contributed by atoms with Crippen molar-refractivity contribution in [3.8, 4) is 0 Å². The highest BCUT2D eigenvalue weighted by Gasteiger charge is 2.30. The van der Waals surface area contributed by atoms with E-state index in [1.807, 2.05) is 25.1 Å². The van der Waals surface area contributed by atoms with Crippen molar-refractivity contribution in [2.75, 3.05) is 6.61 Å². The van der Waals surface area contributed by atoms with Crippen molar-refractivity contribution in [3.05, 3.63) is 35.9 Å². The zero-order chi connectivity index (χ0) is 17.8. The first-order chi connectivity index (χ1) is 10.9. The van der Waals surface area contributed by atoms with Crippen LogP contribution in [-0.4, -0.2) is 26.2 Å². The highest BCUT2D eigenvalue weighted by atomic mass is 32.1. The van der Waals surface area contributed by atoms with Crippen LogP contribution >= 0.6 is 9.47 Å². The van der Waals surface area contributed by atoms with Crippen molar-refractivity contribution in [3.63, 3.8) is 0 Å². The number of hydrogen-bond donors (Lipinski definition) is 1. The Balaban J connectivity index is 0.00000149. The molecular weight excluding hydrogens is 331 g/mol. The molecule has 0 aliphatic rings. The summed E-state index contributed by atoms with van der Waals surface area (Å²) in [6.07, 6.45) is 0.733. The lowest BCUT2D eigenvalue weighted by molar-refractivity contribution is 0.0461. The van der Waals surface area contributed by atoms with Gasteiger partial charge in [-0.05, 0) is 23.8 Å². The molecule has 4 nitrogen and oxygen atoms in total. The van der Waals surface area contributed by atoms with Gasteiger partial charge >= 0.3 is 11.6 Å². The molecule has 0 amide bonds. The second-order valence-corrected chi connectivity index (χ2v) is 6.88. The Morgan fingerprint density at radius 3 is 2.04 bits per heavy atom. The lowest BCUT2D eigenvalue weighted by Gasteiger charge is -2.33. The van der Waals surface area contributed by atoms with E-state index in [2.05, 4.69) is 42.4 Å². The Bertz CT molecular complexity index is 449. The van der Waals surface area contributed by atoms with Crippen LogP contribution in [0.1, 0.15) is 45.6 Å². The lowest BCUT2D eigenvalue weighted by atomic mass is 9.76. The van der Waals surface area contributed by atoms with Crippen LogP contribution in [0.2, 0.25) is 0 Å². The number of aliphatic hydroxyl groups excluding tert-OH is 1. The van der Waals surface area contributed by atoms with Crippen LogP contribution in [0.15, 0.2) is 30.3 Å². The third-order valence-electron chi connectivity index (χ3n) is 3.95. The van der Waals surface area contributed by atoms with Crippen molar-refractivity contribution >= 4 is 21.0 Å². The van der Waals surface area contributed by atoms with Crippen LogP contribution in [0.4, 0.5) is 0 Å². The van der Waals surface area contributed by atoms with Crippen molar-refractivity contribution < 1.29 is 18.0 Å². The molecule has 0 aliphatic heterocycles. The van der Waals surface area contributed by atoms with E-state index >= 15 is 0 Å². The van der Waals surface area contributed by atoms with E-state index in [0.29, 0.717) is 18.4 Å². The molecule has 0 bridgehead atoms. The molecule has 0 aliphatic carbocycles. The van der Waals surface area contributed by atoms with Crippen molar-refractivity contribution in [2.45, 2.75) is 46.1 Å². The third-order valence-corrected chi connectivity index (χ3v) is 4.14. The van der Waals surface area contributed by atoms with Crippen molar-refractivity contribution in [1.29, 1.82) is 0 Å². The van der Waals surface area contributed by atoms with E-state index in [0.717, 1.165) is 6.42 Å². The largest absolute Gasteiger partial charge is 0.392 e. The quantitative estimate of drug-likeness (QED) is 0.720. The van der Waals surface area contributed by atoms with Crippen LogP contribution < -0.4 is 0 Å². The maximum atomic E-state index is 10.8. The molecule has 0 fully saturated rings. The average molecular weight is 360 g/mol. The van der Waals surface area contributed by atoms with E-state index in [-0.39, 0.29) is 17.9 Å². The van der Waals surface area contributed by atoms with Gasteiger partial charge in [-0.2, -0.15) is 8.42 Å². The maximum absolute atomic E-state index is 10.8. The third kappa shape index (κ3) is 8.71. The SMILES string of the molecule is CC(C)CC(C)C(c1ccccc1)C(O)C(C)COP.O=S=O. The van der Waals surface area contributed by atoms with E-state index in [9.17, 15) is 5.11 Å². The first-order valence-corrected chi connectivity index (χ1v) is 8.99. The summed E-state index contributed by atoms with van der Waals surface area (Å²) >= 11 is -0.750. The van der Waals surface area contributed by atoms with Crippen molar-refractivity contribution in [1.82, 2.24) is 0 Å². The van der Waals surface area contributed by atoms with E-state index in [1.165, 1.54) is 5.56 Å². The van der Waals surface area contributed by atoms with Crippen LogP contribution in [-0.2, 0) is 16.1 Å². The van der Waals surface area contributed by atoms with E-state index in [1.54, 1.807) is 0 Å². The first kappa shape index (κ1) is 22.4. The maximum Gasteiger partial charge on any atom is 0.335 e. The Labute approximate surface area is 145 Å². The lowest BCUT2D eigenvalue weighted by Crippen LogP contribution is -2.32. The second kappa shape index (κ2) is 12.8. The van der Waals surface area contributed by atoms with E-state index in [4.69, 9.17) is 12.9 Å². The van der Waals surface area contributed by atoms with Gasteiger partial charge in [-0.15, -0.1) is 0 Å².